The summed E-state index contributed by atoms with van der Waals surface area (Å²) in [6.07, 6.45) is 2.97. The van der Waals surface area contributed by atoms with Crippen LogP contribution in [0.1, 0.15) is 55.7 Å². The minimum Gasteiger partial charge on any atom is -0.481 e. The molecule has 2 aliphatic carbocycles. The van der Waals surface area contributed by atoms with E-state index in [1.54, 1.807) is 35.5 Å². The third kappa shape index (κ3) is 4.03. The zero-order valence-corrected chi connectivity index (χ0v) is 21.9. The number of aliphatic carboxylic acids is 1. The molecule has 0 saturated heterocycles. The molecule has 2 fully saturated rings. The quantitative estimate of drug-likeness (QED) is 0.358. The van der Waals surface area contributed by atoms with Crippen LogP contribution in [0.2, 0.25) is 0 Å². The highest BCUT2D eigenvalue weighted by Gasteiger charge is 2.38. The maximum Gasteiger partial charge on any atom is 0.308 e. The number of pyridine rings is 1. The van der Waals surface area contributed by atoms with E-state index in [0.29, 0.717) is 30.1 Å². The molecule has 0 unspecified atom stereocenters. The van der Waals surface area contributed by atoms with Crippen LogP contribution in [0.25, 0.3) is 11.0 Å². The second kappa shape index (κ2) is 8.82. The second-order valence-corrected chi connectivity index (χ2v) is 10.5. The van der Waals surface area contributed by atoms with Crippen molar-refractivity contribution in [2.45, 2.75) is 51.5 Å². The molecule has 35 heavy (non-hydrogen) atoms. The maximum atomic E-state index is 13.4. The molecule has 2 aromatic heterocycles. The fraction of sp³-hybridized carbons (Fsp3) is 0.385. The highest BCUT2D eigenvalue weighted by molar-refractivity contribution is 14.1. The Balaban J connectivity index is 1.64. The number of aromatic nitrogens is 3. The summed E-state index contributed by atoms with van der Waals surface area (Å²) in [6.45, 7) is 3.62. The molecule has 8 nitrogen and oxygen atoms in total. The van der Waals surface area contributed by atoms with Crippen molar-refractivity contribution in [3.8, 4) is 11.8 Å². The number of amides is 1. The average molecular weight is 584 g/mol. The van der Waals surface area contributed by atoms with Crippen LogP contribution in [0.3, 0.4) is 0 Å². The largest absolute Gasteiger partial charge is 0.481 e. The van der Waals surface area contributed by atoms with Gasteiger partial charge in [0.05, 0.1) is 23.2 Å². The van der Waals surface area contributed by atoms with Gasteiger partial charge in [-0.25, -0.2) is 9.67 Å². The predicted molar refractivity (Wildman–Crippen MR) is 141 cm³/mol. The van der Waals surface area contributed by atoms with Gasteiger partial charge in [0.25, 0.3) is 5.56 Å². The second-order valence-electron chi connectivity index (χ2n) is 9.32. The number of carbonyl (C=O) groups is 2. The van der Waals surface area contributed by atoms with Crippen molar-refractivity contribution in [2.75, 3.05) is 4.90 Å². The Morgan fingerprint density at radius 3 is 2.57 bits per heavy atom. The Morgan fingerprint density at radius 2 is 1.94 bits per heavy atom. The van der Waals surface area contributed by atoms with Crippen molar-refractivity contribution in [1.82, 2.24) is 14.3 Å². The third-order valence-electron chi connectivity index (χ3n) is 6.98. The van der Waals surface area contributed by atoms with Crippen molar-refractivity contribution in [1.29, 1.82) is 0 Å². The molecule has 5 rings (SSSR count). The number of fused-ring (bicyclic) bond motifs is 1. The highest BCUT2D eigenvalue weighted by Crippen LogP contribution is 2.47. The molecule has 1 aromatic carbocycles. The lowest BCUT2D eigenvalue weighted by Gasteiger charge is -2.33. The van der Waals surface area contributed by atoms with Gasteiger partial charge in [0, 0.05) is 10.6 Å². The van der Waals surface area contributed by atoms with Gasteiger partial charge in [0.15, 0.2) is 5.52 Å². The first-order chi connectivity index (χ1) is 16.7. The van der Waals surface area contributed by atoms with Crippen LogP contribution >= 0.6 is 22.6 Å². The Hall–Kier alpha value is -3.13. The summed E-state index contributed by atoms with van der Waals surface area (Å²) in [7, 11) is 1.78. The van der Waals surface area contributed by atoms with E-state index < -0.39 is 17.8 Å². The van der Waals surface area contributed by atoms with Gasteiger partial charge >= 0.3 is 11.9 Å². The summed E-state index contributed by atoms with van der Waals surface area (Å²) in [6, 6.07) is 7.48. The van der Waals surface area contributed by atoms with Crippen molar-refractivity contribution in [2.24, 2.45) is 13.0 Å². The van der Waals surface area contributed by atoms with E-state index in [2.05, 4.69) is 45.5 Å². The van der Waals surface area contributed by atoms with E-state index in [-0.39, 0.29) is 17.1 Å². The van der Waals surface area contributed by atoms with Crippen LogP contribution < -0.4 is 10.5 Å². The van der Waals surface area contributed by atoms with Gasteiger partial charge in [-0.1, -0.05) is 5.92 Å². The van der Waals surface area contributed by atoms with Gasteiger partial charge in [0.2, 0.25) is 0 Å². The van der Waals surface area contributed by atoms with Crippen molar-refractivity contribution in [3.05, 3.63) is 49.3 Å². The standard InChI is InChI=1S/C26H25IN4O4/c1-4-5-23(32)30(21-10-14(2)19(27)13-18(21)15-6-7-15)22-9-8-20-24(28-22)25(33)31(29(20)3)17-11-16(12-17)26(34)35/h8-10,13,15-17H,6-7,11-12H2,1-3H3,(H,34,35). The average Bonchev–Trinajstić information content (AvgIpc) is 3.59. The molecule has 3 aromatic rings. The van der Waals surface area contributed by atoms with E-state index in [1.165, 1.54) is 4.90 Å². The molecule has 2 aliphatic rings. The summed E-state index contributed by atoms with van der Waals surface area (Å²) in [5.74, 6) is 4.41. The topological polar surface area (TPSA) is 97.4 Å². The van der Waals surface area contributed by atoms with Crippen LogP contribution in [0.5, 0.6) is 0 Å². The molecule has 2 heterocycles. The molecule has 2 saturated carbocycles. The Labute approximate surface area is 216 Å². The van der Waals surface area contributed by atoms with Gasteiger partial charge < -0.3 is 5.11 Å². The van der Waals surface area contributed by atoms with Gasteiger partial charge in [-0.3, -0.25) is 24.0 Å². The van der Waals surface area contributed by atoms with Crippen LogP contribution in [-0.4, -0.2) is 31.3 Å². The molecule has 0 aliphatic heterocycles. The Morgan fingerprint density at radius 1 is 1.23 bits per heavy atom. The zero-order valence-electron chi connectivity index (χ0n) is 19.7. The number of hydrogen-bond acceptors (Lipinski definition) is 4. The zero-order chi connectivity index (χ0) is 25.0. The number of aryl methyl sites for hydroxylation is 2. The van der Waals surface area contributed by atoms with E-state index in [9.17, 15) is 19.5 Å². The Kier molecular flexibility index (Phi) is 5.95. The van der Waals surface area contributed by atoms with E-state index in [4.69, 9.17) is 0 Å². The summed E-state index contributed by atoms with van der Waals surface area (Å²) >= 11 is 2.31. The fourth-order valence-electron chi connectivity index (χ4n) is 4.84. The number of anilines is 2. The van der Waals surface area contributed by atoms with Crippen LogP contribution in [0.4, 0.5) is 11.5 Å². The summed E-state index contributed by atoms with van der Waals surface area (Å²) in [5, 5.41) is 9.22. The number of nitrogens with zero attached hydrogens (tertiary/aromatic N) is 4. The highest BCUT2D eigenvalue weighted by atomic mass is 127. The Bertz CT molecular complexity index is 1500. The van der Waals surface area contributed by atoms with E-state index in [0.717, 1.165) is 33.2 Å². The first-order valence-corrected chi connectivity index (χ1v) is 12.7. The third-order valence-corrected chi connectivity index (χ3v) is 8.14. The lowest BCUT2D eigenvalue weighted by Crippen LogP contribution is -2.38. The summed E-state index contributed by atoms with van der Waals surface area (Å²) in [4.78, 5) is 44.0. The van der Waals surface area contributed by atoms with Gasteiger partial charge in [-0.05, 0) is 109 Å². The predicted octanol–water partition coefficient (Wildman–Crippen LogP) is 4.25. The number of benzene rings is 1. The van der Waals surface area contributed by atoms with E-state index >= 15 is 0 Å². The molecular weight excluding hydrogens is 559 g/mol. The number of rotatable bonds is 5. The molecule has 0 spiro atoms. The van der Waals surface area contributed by atoms with Crippen LogP contribution in [0.15, 0.2) is 29.1 Å². The normalized spacial score (nSPS) is 19.1. The molecule has 0 bridgehead atoms. The first kappa shape index (κ1) is 23.6. The molecular formula is C26H25IN4O4. The van der Waals surface area contributed by atoms with Crippen LogP contribution in [-0.2, 0) is 16.6 Å². The number of hydrogen-bond donors (Lipinski definition) is 1. The molecule has 1 N–H and O–H groups in total. The lowest BCUT2D eigenvalue weighted by molar-refractivity contribution is -0.146. The smallest absolute Gasteiger partial charge is 0.308 e. The molecule has 0 atom stereocenters. The monoisotopic (exact) mass is 584 g/mol. The van der Waals surface area contributed by atoms with Gasteiger partial charge in [0.1, 0.15) is 5.82 Å². The fourth-order valence-corrected chi connectivity index (χ4v) is 5.33. The maximum absolute atomic E-state index is 13.4. The SMILES string of the molecule is CC#CC(=O)N(c1ccc2c(n1)c(=O)n(C1CC(C(=O)O)C1)n2C)c1cc(C)c(I)cc1C1CC1. The lowest BCUT2D eigenvalue weighted by atomic mass is 9.80. The molecule has 9 heteroatoms. The van der Waals surface area contributed by atoms with Gasteiger partial charge in [-0.15, -0.1) is 0 Å². The van der Waals surface area contributed by atoms with Crippen molar-refractivity contribution >= 4 is 57.0 Å². The number of halogens is 1. The molecule has 0 radical (unpaired) electrons. The van der Waals surface area contributed by atoms with Gasteiger partial charge in [-0.2, -0.15) is 0 Å². The number of carbonyl (C=O) groups excluding carboxylic acids is 1. The van der Waals surface area contributed by atoms with Crippen molar-refractivity contribution in [3.63, 3.8) is 0 Å². The number of carboxylic acid groups (broad SMARTS) is 1. The summed E-state index contributed by atoms with van der Waals surface area (Å²) in [5.41, 5.74) is 3.49. The minimum atomic E-state index is -0.834. The molecule has 1 amide bonds. The summed E-state index contributed by atoms with van der Waals surface area (Å²) < 4.78 is 4.46. The van der Waals surface area contributed by atoms with E-state index in [1.807, 2.05) is 13.0 Å². The van der Waals surface area contributed by atoms with Crippen molar-refractivity contribution < 1.29 is 14.7 Å². The first-order valence-electron chi connectivity index (χ1n) is 11.6. The minimum absolute atomic E-state index is 0.185. The van der Waals surface area contributed by atoms with Crippen LogP contribution in [0, 0.1) is 28.3 Å². The molecule has 180 valence electrons. The number of carboxylic acids is 1.